The predicted molar refractivity (Wildman–Crippen MR) is 60.5 cm³/mol. The minimum Gasteiger partial charge on any atom is -0.368 e. The molecule has 0 aromatic rings. The molecule has 2 unspecified atom stereocenters. The van der Waals surface area contributed by atoms with E-state index in [2.05, 4.69) is 17.5 Å². The van der Waals surface area contributed by atoms with E-state index in [1.54, 1.807) is 0 Å². The Labute approximate surface area is 85.9 Å². The molecule has 1 N–H and O–H groups in total. The van der Waals surface area contributed by atoms with Gasteiger partial charge in [-0.2, -0.15) is 0 Å². The molecule has 1 saturated carbocycles. The third-order valence-corrected chi connectivity index (χ3v) is 2.89. The van der Waals surface area contributed by atoms with Crippen molar-refractivity contribution in [2.45, 2.75) is 19.3 Å². The minimum absolute atomic E-state index is 0.991. The molecular weight excluding hydrogens is 170 g/mol. The number of allylic oxidation sites excluding steroid dienone is 6. The Morgan fingerprint density at radius 2 is 1.36 bits per heavy atom. The second-order valence-corrected chi connectivity index (χ2v) is 3.99. The molecule has 1 fully saturated rings. The van der Waals surface area contributed by atoms with Gasteiger partial charge in [0.2, 0.25) is 0 Å². The smallest absolute Gasteiger partial charge is 0.000442 e. The summed E-state index contributed by atoms with van der Waals surface area (Å²) in [4.78, 5) is 0. The van der Waals surface area contributed by atoms with Crippen LogP contribution < -0.4 is 5.32 Å². The molecule has 0 saturated heterocycles. The third kappa shape index (κ3) is 2.63. The highest BCUT2D eigenvalue weighted by Crippen LogP contribution is 2.38. The summed E-state index contributed by atoms with van der Waals surface area (Å²) in [6.07, 6.45) is 20.8. The second kappa shape index (κ2) is 4.85. The van der Waals surface area contributed by atoms with E-state index >= 15 is 0 Å². The fourth-order valence-electron chi connectivity index (χ4n) is 2.12. The fraction of sp³-hybridized carbons (Fsp3) is 0.385. The zero-order valence-corrected chi connectivity index (χ0v) is 8.39. The van der Waals surface area contributed by atoms with Gasteiger partial charge in [0.15, 0.2) is 0 Å². The van der Waals surface area contributed by atoms with Crippen LogP contribution in [0.4, 0.5) is 0 Å². The van der Waals surface area contributed by atoms with Gasteiger partial charge in [-0.3, -0.25) is 0 Å². The molecule has 2 bridgehead atoms. The molecule has 1 heteroatoms. The van der Waals surface area contributed by atoms with Gasteiger partial charge in [0.25, 0.3) is 0 Å². The lowest BCUT2D eigenvalue weighted by molar-refractivity contribution is 0.691. The second-order valence-electron chi connectivity index (χ2n) is 3.99. The normalized spacial score (nSPS) is 30.9. The zero-order valence-electron chi connectivity index (χ0n) is 8.39. The summed E-state index contributed by atoms with van der Waals surface area (Å²) in [6, 6.07) is 0. The minimum atomic E-state index is 0.991. The van der Waals surface area contributed by atoms with Crippen molar-refractivity contribution in [2.75, 3.05) is 0 Å². The van der Waals surface area contributed by atoms with Crippen molar-refractivity contribution >= 4 is 0 Å². The van der Waals surface area contributed by atoms with Crippen LogP contribution in [0, 0.1) is 11.8 Å². The highest BCUT2D eigenvalue weighted by Gasteiger charge is 2.25. The molecule has 0 amide bonds. The molecule has 3 aliphatic rings. The van der Waals surface area contributed by atoms with Gasteiger partial charge < -0.3 is 5.32 Å². The first-order valence-corrected chi connectivity index (χ1v) is 5.38. The third-order valence-electron chi connectivity index (χ3n) is 2.89. The summed E-state index contributed by atoms with van der Waals surface area (Å²) in [5.74, 6) is 1.98. The molecule has 1 heterocycles. The lowest BCUT2D eigenvalue weighted by atomic mass is 10.1. The standard InChI is InChI=1S/C7H10.C6H7N/c1-2-7-4-3-6(1)5-7;1-2-4-6-7-5-3-1/h1-2,6-7H,3-5H2;1-7H. The molecule has 14 heavy (non-hydrogen) atoms. The summed E-state index contributed by atoms with van der Waals surface area (Å²) in [5.41, 5.74) is 0. The van der Waals surface area contributed by atoms with Crippen molar-refractivity contribution in [3.8, 4) is 0 Å². The number of nitrogens with one attached hydrogen (secondary N) is 1. The largest absolute Gasteiger partial charge is 0.368 e. The Bertz CT molecular complexity index is 258. The van der Waals surface area contributed by atoms with E-state index in [1.807, 2.05) is 36.7 Å². The monoisotopic (exact) mass is 187 g/mol. The molecule has 1 nitrogen and oxygen atoms in total. The number of fused-ring (bicyclic) bond motifs is 2. The Morgan fingerprint density at radius 3 is 1.71 bits per heavy atom. The predicted octanol–water partition coefficient (Wildman–Crippen LogP) is 3.15. The summed E-state index contributed by atoms with van der Waals surface area (Å²) >= 11 is 0. The summed E-state index contributed by atoms with van der Waals surface area (Å²) < 4.78 is 0. The number of hydrogen-bond donors (Lipinski definition) is 1. The van der Waals surface area contributed by atoms with E-state index in [-0.39, 0.29) is 0 Å². The lowest BCUT2D eigenvalue weighted by Crippen LogP contribution is -1.87. The molecular formula is C13H17N. The van der Waals surface area contributed by atoms with Gasteiger partial charge in [-0.15, -0.1) is 0 Å². The molecule has 0 spiro atoms. The lowest BCUT2D eigenvalue weighted by Gasteiger charge is -1.96. The van der Waals surface area contributed by atoms with Crippen LogP contribution in [-0.2, 0) is 0 Å². The first kappa shape index (κ1) is 9.32. The van der Waals surface area contributed by atoms with Gasteiger partial charge in [-0.05, 0) is 43.3 Å². The van der Waals surface area contributed by atoms with Crippen molar-refractivity contribution < 1.29 is 0 Å². The number of rotatable bonds is 0. The van der Waals surface area contributed by atoms with Gasteiger partial charge in [-0.1, -0.05) is 24.3 Å². The Hall–Kier alpha value is -1.24. The maximum Gasteiger partial charge on any atom is 0.000442 e. The molecule has 1 aliphatic heterocycles. The molecule has 0 aromatic heterocycles. The van der Waals surface area contributed by atoms with E-state index in [0.717, 1.165) is 11.8 Å². The highest BCUT2D eigenvalue weighted by atomic mass is 14.8. The van der Waals surface area contributed by atoms with Gasteiger partial charge in [0.1, 0.15) is 0 Å². The zero-order chi connectivity index (χ0) is 9.64. The van der Waals surface area contributed by atoms with Crippen molar-refractivity contribution in [1.29, 1.82) is 0 Å². The van der Waals surface area contributed by atoms with Crippen LogP contribution in [0.5, 0.6) is 0 Å². The molecule has 3 rings (SSSR count). The van der Waals surface area contributed by atoms with Crippen LogP contribution in [-0.4, -0.2) is 0 Å². The topological polar surface area (TPSA) is 12.0 Å². The van der Waals surface area contributed by atoms with E-state index in [0.29, 0.717) is 0 Å². The van der Waals surface area contributed by atoms with Crippen molar-refractivity contribution in [1.82, 2.24) is 5.32 Å². The fourth-order valence-corrected chi connectivity index (χ4v) is 2.12. The van der Waals surface area contributed by atoms with Gasteiger partial charge >= 0.3 is 0 Å². The van der Waals surface area contributed by atoms with Crippen LogP contribution in [0.1, 0.15) is 19.3 Å². The van der Waals surface area contributed by atoms with Crippen LogP contribution in [0.25, 0.3) is 0 Å². The van der Waals surface area contributed by atoms with Gasteiger partial charge in [-0.25, -0.2) is 0 Å². The molecule has 0 radical (unpaired) electrons. The summed E-state index contributed by atoms with van der Waals surface area (Å²) in [6.45, 7) is 0. The van der Waals surface area contributed by atoms with Gasteiger partial charge in [0.05, 0.1) is 0 Å². The first-order valence-electron chi connectivity index (χ1n) is 5.38. The molecule has 0 aromatic carbocycles. The maximum atomic E-state index is 2.92. The SMILES string of the molecule is C1=CC2CCC1C2.C1=CC=CNC=C1. The quantitative estimate of drug-likeness (QED) is 0.574. The van der Waals surface area contributed by atoms with Gasteiger partial charge in [0, 0.05) is 12.4 Å². The first-order chi connectivity index (χ1) is 6.95. The van der Waals surface area contributed by atoms with E-state index < -0.39 is 0 Å². The molecule has 74 valence electrons. The van der Waals surface area contributed by atoms with E-state index in [9.17, 15) is 0 Å². The molecule has 2 atom stereocenters. The highest BCUT2D eigenvalue weighted by molar-refractivity contribution is 5.14. The van der Waals surface area contributed by atoms with Crippen LogP contribution in [0.2, 0.25) is 0 Å². The van der Waals surface area contributed by atoms with Crippen molar-refractivity contribution in [3.63, 3.8) is 0 Å². The van der Waals surface area contributed by atoms with E-state index in [4.69, 9.17) is 0 Å². The Morgan fingerprint density at radius 1 is 0.786 bits per heavy atom. The van der Waals surface area contributed by atoms with Crippen molar-refractivity contribution in [2.24, 2.45) is 11.8 Å². The summed E-state index contributed by atoms with van der Waals surface area (Å²) in [5, 5.41) is 2.92. The Balaban J connectivity index is 0.000000107. The number of hydrogen-bond acceptors (Lipinski definition) is 1. The average molecular weight is 187 g/mol. The summed E-state index contributed by atoms with van der Waals surface area (Å²) in [7, 11) is 0. The van der Waals surface area contributed by atoms with Crippen molar-refractivity contribution in [3.05, 3.63) is 48.9 Å². The Kier molecular flexibility index (Phi) is 3.23. The van der Waals surface area contributed by atoms with Crippen LogP contribution >= 0.6 is 0 Å². The van der Waals surface area contributed by atoms with E-state index in [1.165, 1.54) is 19.3 Å². The van der Waals surface area contributed by atoms with Crippen LogP contribution in [0.3, 0.4) is 0 Å². The molecule has 2 aliphatic carbocycles. The van der Waals surface area contributed by atoms with Crippen LogP contribution in [0.15, 0.2) is 48.9 Å². The average Bonchev–Trinajstić information content (AvgIpc) is 2.75. The maximum absolute atomic E-state index is 2.92.